The van der Waals surface area contributed by atoms with Crippen molar-refractivity contribution in [1.82, 2.24) is 29.8 Å². The topological polar surface area (TPSA) is 88.5 Å². The van der Waals surface area contributed by atoms with E-state index in [1.807, 2.05) is 0 Å². The van der Waals surface area contributed by atoms with E-state index in [0.29, 0.717) is 29.8 Å². The number of imidazole rings is 1. The van der Waals surface area contributed by atoms with Crippen LogP contribution < -0.4 is 5.32 Å². The van der Waals surface area contributed by atoms with Gasteiger partial charge in [0.15, 0.2) is 5.69 Å². The van der Waals surface area contributed by atoms with Gasteiger partial charge in [0.1, 0.15) is 6.33 Å². The minimum absolute atomic E-state index is 0.0242. The number of hydrogen-bond acceptors (Lipinski definition) is 4. The van der Waals surface area contributed by atoms with Crippen LogP contribution in [0, 0.1) is 5.92 Å². The van der Waals surface area contributed by atoms with Gasteiger partial charge in [-0.2, -0.15) is 13.2 Å². The largest absolute Gasteiger partial charge is 0.391 e. The molecule has 10 heteroatoms. The average Bonchev–Trinajstić information content (AvgIpc) is 3.32. The number of hydrogen-bond donors (Lipinski definition) is 2. The highest BCUT2D eigenvalue weighted by Gasteiger charge is 2.41. The van der Waals surface area contributed by atoms with Gasteiger partial charge >= 0.3 is 6.18 Å². The highest BCUT2D eigenvalue weighted by molar-refractivity contribution is 6.03. The van der Waals surface area contributed by atoms with Crippen molar-refractivity contribution in [2.45, 2.75) is 37.9 Å². The van der Waals surface area contributed by atoms with Crippen molar-refractivity contribution in [1.29, 1.82) is 0 Å². The van der Waals surface area contributed by atoms with E-state index < -0.39 is 18.0 Å². The molecule has 0 radical (unpaired) electrons. The van der Waals surface area contributed by atoms with Crippen LogP contribution in [-0.2, 0) is 0 Å². The molecular weight excluding hydrogens is 361 g/mol. The highest BCUT2D eigenvalue weighted by Crippen LogP contribution is 2.37. The van der Waals surface area contributed by atoms with E-state index >= 15 is 0 Å². The summed E-state index contributed by atoms with van der Waals surface area (Å²) >= 11 is 0. The molecule has 27 heavy (non-hydrogen) atoms. The summed E-state index contributed by atoms with van der Waals surface area (Å²) in [7, 11) is 0. The van der Waals surface area contributed by atoms with Crippen LogP contribution in [0.5, 0.6) is 0 Å². The fraction of sp³-hybridized carbons (Fsp3) is 0.412. The summed E-state index contributed by atoms with van der Waals surface area (Å²) in [5.41, 5.74) is 1.21. The monoisotopic (exact) mass is 378 g/mol. The Hall–Kier alpha value is -2.91. The molecular formula is C17H17F3N6O. The summed E-state index contributed by atoms with van der Waals surface area (Å²) < 4.78 is 40.0. The van der Waals surface area contributed by atoms with E-state index in [4.69, 9.17) is 0 Å². The maximum absolute atomic E-state index is 12.8. The molecule has 2 N–H and O–H groups in total. The third-order valence-corrected chi connectivity index (χ3v) is 4.87. The third kappa shape index (κ3) is 3.51. The number of carbonyl (C=O) groups is 1. The fourth-order valence-electron chi connectivity index (χ4n) is 3.41. The summed E-state index contributed by atoms with van der Waals surface area (Å²) in [4.78, 5) is 28.4. The molecule has 7 nitrogen and oxygen atoms in total. The number of fused-ring (bicyclic) bond motifs is 1. The zero-order chi connectivity index (χ0) is 19.0. The molecule has 142 valence electrons. The van der Waals surface area contributed by atoms with Gasteiger partial charge in [-0.05, 0) is 31.7 Å². The summed E-state index contributed by atoms with van der Waals surface area (Å²) in [5, 5.41) is 2.82. The molecule has 3 aromatic heterocycles. The molecule has 0 aromatic carbocycles. The third-order valence-electron chi connectivity index (χ3n) is 4.87. The lowest BCUT2D eigenvalue weighted by Crippen LogP contribution is -2.40. The minimum atomic E-state index is -4.17. The highest BCUT2D eigenvalue weighted by atomic mass is 19.4. The van der Waals surface area contributed by atoms with E-state index in [0.717, 1.165) is 0 Å². The van der Waals surface area contributed by atoms with E-state index in [2.05, 4.69) is 25.3 Å². The van der Waals surface area contributed by atoms with Gasteiger partial charge in [-0.25, -0.2) is 15.0 Å². The molecule has 4 rings (SSSR count). The smallest absolute Gasteiger partial charge is 0.358 e. The Bertz CT molecular complexity index is 941. The van der Waals surface area contributed by atoms with Crippen molar-refractivity contribution in [2.75, 3.05) is 0 Å². The van der Waals surface area contributed by atoms with Crippen LogP contribution in [0.2, 0.25) is 0 Å². The Kier molecular flexibility index (Phi) is 4.33. The van der Waals surface area contributed by atoms with Crippen LogP contribution in [0.15, 0.2) is 31.0 Å². The van der Waals surface area contributed by atoms with E-state index in [9.17, 15) is 18.0 Å². The minimum Gasteiger partial charge on any atom is -0.358 e. The number of H-pyrrole nitrogens is 1. The fourth-order valence-corrected chi connectivity index (χ4v) is 3.41. The van der Waals surface area contributed by atoms with E-state index in [1.54, 1.807) is 29.2 Å². The number of aromatic amines is 1. The lowest BCUT2D eigenvalue weighted by atomic mass is 9.85. The van der Waals surface area contributed by atoms with Crippen molar-refractivity contribution in [2.24, 2.45) is 5.92 Å². The average molecular weight is 378 g/mol. The van der Waals surface area contributed by atoms with Crippen molar-refractivity contribution < 1.29 is 18.0 Å². The normalized spacial score (nSPS) is 20.7. The lowest BCUT2D eigenvalue weighted by molar-refractivity contribution is -0.182. The summed E-state index contributed by atoms with van der Waals surface area (Å²) in [6.07, 6.45) is 2.88. The molecule has 0 aliphatic heterocycles. The van der Waals surface area contributed by atoms with Crippen molar-refractivity contribution in [3.8, 4) is 5.95 Å². The first-order chi connectivity index (χ1) is 12.9. The number of alkyl halides is 3. The Morgan fingerprint density at radius 2 is 2.00 bits per heavy atom. The molecule has 1 amide bonds. The Labute approximate surface area is 152 Å². The van der Waals surface area contributed by atoms with Crippen LogP contribution in [0.4, 0.5) is 13.2 Å². The van der Waals surface area contributed by atoms with Crippen LogP contribution in [0.3, 0.4) is 0 Å². The number of carbonyl (C=O) groups excluding carboxylic acids is 1. The van der Waals surface area contributed by atoms with Gasteiger partial charge in [-0.1, -0.05) is 0 Å². The zero-order valence-electron chi connectivity index (χ0n) is 14.2. The van der Waals surface area contributed by atoms with Gasteiger partial charge < -0.3 is 10.3 Å². The van der Waals surface area contributed by atoms with E-state index in [1.165, 1.54) is 6.33 Å². The van der Waals surface area contributed by atoms with Crippen LogP contribution >= 0.6 is 0 Å². The number of nitrogens with zero attached hydrogens (tertiary/aromatic N) is 4. The summed E-state index contributed by atoms with van der Waals surface area (Å²) in [6, 6.07) is 1.43. The van der Waals surface area contributed by atoms with Gasteiger partial charge in [0, 0.05) is 24.6 Å². The van der Waals surface area contributed by atoms with E-state index in [-0.39, 0.29) is 24.6 Å². The second-order valence-corrected chi connectivity index (χ2v) is 6.64. The van der Waals surface area contributed by atoms with Crippen LogP contribution in [-0.4, -0.2) is 42.6 Å². The summed E-state index contributed by atoms with van der Waals surface area (Å²) in [6.45, 7) is 0. The van der Waals surface area contributed by atoms with Crippen LogP contribution in [0.25, 0.3) is 17.0 Å². The molecule has 1 aliphatic carbocycles. The second kappa shape index (κ2) is 6.67. The number of nitrogens with one attached hydrogen (secondary N) is 2. The zero-order valence-corrected chi connectivity index (χ0v) is 14.2. The second-order valence-electron chi connectivity index (χ2n) is 6.64. The number of rotatable bonds is 3. The molecule has 0 bridgehead atoms. The van der Waals surface area contributed by atoms with Gasteiger partial charge in [0.2, 0.25) is 5.95 Å². The predicted molar refractivity (Wildman–Crippen MR) is 90.3 cm³/mol. The SMILES string of the molecule is O=C(N[C@H]1CC[C@H](C(F)(F)F)CC1)c1nc(-n2ccnc2)nc2cc[nH]c12. The first-order valence-electron chi connectivity index (χ1n) is 8.63. The van der Waals surface area contributed by atoms with Gasteiger partial charge in [-0.3, -0.25) is 9.36 Å². The van der Waals surface area contributed by atoms with Crippen molar-refractivity contribution in [3.63, 3.8) is 0 Å². The number of halogens is 3. The van der Waals surface area contributed by atoms with Crippen LogP contribution in [0.1, 0.15) is 36.2 Å². The molecule has 1 saturated carbocycles. The van der Waals surface area contributed by atoms with Crippen molar-refractivity contribution >= 4 is 16.9 Å². The summed E-state index contributed by atoms with van der Waals surface area (Å²) in [5.74, 6) is -1.42. The van der Waals surface area contributed by atoms with Gasteiger partial charge in [0.05, 0.1) is 17.0 Å². The predicted octanol–water partition coefficient (Wildman–Crippen LogP) is 2.99. The maximum Gasteiger partial charge on any atom is 0.391 e. The molecule has 3 heterocycles. The Balaban J connectivity index is 1.54. The molecule has 0 unspecified atom stereocenters. The molecule has 3 aromatic rings. The molecule has 1 fully saturated rings. The molecule has 0 saturated heterocycles. The maximum atomic E-state index is 12.8. The van der Waals surface area contributed by atoms with Crippen molar-refractivity contribution in [3.05, 3.63) is 36.7 Å². The first-order valence-corrected chi connectivity index (χ1v) is 8.63. The number of amides is 1. The first kappa shape index (κ1) is 17.5. The molecule has 0 atom stereocenters. The molecule has 0 spiro atoms. The number of aromatic nitrogens is 5. The Morgan fingerprint density at radius 1 is 1.22 bits per heavy atom. The van der Waals surface area contributed by atoms with Gasteiger partial charge in [0.25, 0.3) is 5.91 Å². The quantitative estimate of drug-likeness (QED) is 0.733. The van der Waals surface area contributed by atoms with Gasteiger partial charge in [-0.15, -0.1) is 0 Å². The standard InChI is InChI=1S/C17H17F3N6O/c18-17(19,20)10-1-3-11(4-2-10)23-15(27)14-13-12(5-6-22-13)24-16(25-14)26-8-7-21-9-26/h5-11,22H,1-4H2,(H,23,27)/t10-,11-. The lowest BCUT2D eigenvalue weighted by Gasteiger charge is -2.30. The Morgan fingerprint density at radius 3 is 2.67 bits per heavy atom. The molecule has 1 aliphatic rings.